The number of carbonyl (C=O) groups is 2. The molecule has 0 aromatic heterocycles. The second kappa shape index (κ2) is 1.81. The molecule has 2 fully saturated rings. The Morgan fingerprint density at radius 2 is 2.17 bits per heavy atom. The highest BCUT2D eigenvalue weighted by atomic mass is 16.6. The number of aliphatic carboxylic acids is 1. The van der Waals surface area contributed by atoms with Gasteiger partial charge in [0.25, 0.3) is 0 Å². The van der Waals surface area contributed by atoms with Gasteiger partial charge in [0.05, 0.1) is 5.92 Å². The summed E-state index contributed by atoms with van der Waals surface area (Å²) in [6, 6.07) is 0. The molecule has 4 heteroatoms. The van der Waals surface area contributed by atoms with Gasteiger partial charge in [-0.3, -0.25) is 4.79 Å². The molecule has 0 amide bonds. The lowest BCUT2D eigenvalue weighted by Crippen LogP contribution is -2.27. The van der Waals surface area contributed by atoms with Gasteiger partial charge >= 0.3 is 11.9 Å². The minimum atomic E-state index is -1.03. The summed E-state index contributed by atoms with van der Waals surface area (Å²) in [5.74, 6) is -1.67. The maximum absolute atomic E-state index is 11.1. The van der Waals surface area contributed by atoms with Crippen LogP contribution in [-0.4, -0.2) is 23.1 Å². The van der Waals surface area contributed by atoms with Crippen molar-refractivity contribution < 1.29 is 19.4 Å². The van der Waals surface area contributed by atoms with Crippen molar-refractivity contribution in [3.63, 3.8) is 0 Å². The molecule has 1 aliphatic carbocycles. The number of ether oxygens (including phenoxy) is 1. The van der Waals surface area contributed by atoms with E-state index < -0.39 is 12.1 Å². The standard InChI is InChI=1S/C8H10O4/c1-8(2)3-4(8)7(11)12-5(3)6(9)10/h3-5H,1-2H3,(H,9,10). The second-order valence-electron chi connectivity index (χ2n) is 4.02. The number of carbonyl (C=O) groups excluding carboxylic acids is 1. The lowest BCUT2D eigenvalue weighted by molar-refractivity contribution is -0.162. The summed E-state index contributed by atoms with van der Waals surface area (Å²) in [4.78, 5) is 21.7. The van der Waals surface area contributed by atoms with Gasteiger partial charge in [-0.15, -0.1) is 0 Å². The van der Waals surface area contributed by atoms with Gasteiger partial charge < -0.3 is 9.84 Å². The lowest BCUT2D eigenvalue weighted by Gasteiger charge is -2.13. The normalized spacial score (nSPS) is 41.8. The van der Waals surface area contributed by atoms with Gasteiger partial charge in [0.15, 0.2) is 0 Å². The molecule has 1 heterocycles. The highest BCUT2D eigenvalue weighted by Crippen LogP contribution is 2.64. The highest BCUT2D eigenvalue weighted by molar-refractivity contribution is 5.88. The van der Waals surface area contributed by atoms with E-state index in [-0.39, 0.29) is 23.2 Å². The van der Waals surface area contributed by atoms with E-state index in [0.717, 1.165) is 0 Å². The Bertz CT molecular complexity index is 268. The molecule has 0 aromatic carbocycles. The van der Waals surface area contributed by atoms with Gasteiger partial charge in [-0.25, -0.2) is 4.79 Å². The Balaban J connectivity index is 2.25. The maximum atomic E-state index is 11.1. The van der Waals surface area contributed by atoms with E-state index in [2.05, 4.69) is 4.74 Å². The van der Waals surface area contributed by atoms with Crippen molar-refractivity contribution in [3.05, 3.63) is 0 Å². The number of rotatable bonds is 1. The monoisotopic (exact) mass is 170 g/mol. The Morgan fingerprint density at radius 1 is 1.58 bits per heavy atom. The first-order valence-electron chi connectivity index (χ1n) is 3.89. The van der Waals surface area contributed by atoms with Gasteiger partial charge in [0.2, 0.25) is 6.10 Å². The molecule has 0 aromatic rings. The van der Waals surface area contributed by atoms with Gasteiger partial charge in [0.1, 0.15) is 0 Å². The molecule has 1 saturated carbocycles. The molecule has 0 bridgehead atoms. The van der Waals surface area contributed by atoms with Crippen LogP contribution in [0.25, 0.3) is 0 Å². The average Bonchev–Trinajstić information content (AvgIpc) is 2.37. The predicted octanol–water partition coefficient (Wildman–Crippen LogP) is 0.269. The van der Waals surface area contributed by atoms with E-state index in [4.69, 9.17) is 5.11 Å². The van der Waals surface area contributed by atoms with Gasteiger partial charge in [-0.1, -0.05) is 13.8 Å². The fourth-order valence-electron chi connectivity index (χ4n) is 2.17. The molecule has 3 atom stereocenters. The van der Waals surface area contributed by atoms with Crippen LogP contribution < -0.4 is 0 Å². The Kier molecular flexibility index (Phi) is 1.14. The fourth-order valence-corrected chi connectivity index (χ4v) is 2.17. The third-order valence-electron chi connectivity index (χ3n) is 2.98. The number of fused-ring (bicyclic) bond motifs is 1. The number of carboxylic acids is 1. The zero-order valence-electron chi connectivity index (χ0n) is 6.90. The Morgan fingerprint density at radius 3 is 2.42 bits per heavy atom. The minimum absolute atomic E-state index is 0.109. The largest absolute Gasteiger partial charge is 0.478 e. The molecular formula is C8H10O4. The quantitative estimate of drug-likeness (QED) is 0.573. The first-order valence-corrected chi connectivity index (χ1v) is 3.89. The van der Waals surface area contributed by atoms with Crippen LogP contribution in [0.1, 0.15) is 13.8 Å². The molecule has 2 rings (SSSR count). The van der Waals surface area contributed by atoms with Crippen molar-refractivity contribution in [1.82, 2.24) is 0 Å². The topological polar surface area (TPSA) is 63.6 Å². The van der Waals surface area contributed by atoms with Crippen molar-refractivity contribution in [2.75, 3.05) is 0 Å². The third-order valence-corrected chi connectivity index (χ3v) is 2.98. The second-order valence-corrected chi connectivity index (χ2v) is 4.02. The van der Waals surface area contributed by atoms with Gasteiger partial charge in [-0.2, -0.15) is 0 Å². The van der Waals surface area contributed by atoms with Gasteiger partial charge in [0, 0.05) is 5.92 Å². The summed E-state index contributed by atoms with van der Waals surface area (Å²) in [5.41, 5.74) is -0.168. The first-order chi connectivity index (χ1) is 5.46. The number of hydrogen-bond acceptors (Lipinski definition) is 3. The van der Waals surface area contributed by atoms with E-state index in [1.165, 1.54) is 0 Å². The van der Waals surface area contributed by atoms with Crippen LogP contribution in [0.3, 0.4) is 0 Å². The van der Waals surface area contributed by atoms with Gasteiger partial charge in [-0.05, 0) is 5.41 Å². The highest BCUT2D eigenvalue weighted by Gasteiger charge is 2.72. The van der Waals surface area contributed by atoms with E-state index >= 15 is 0 Å². The lowest BCUT2D eigenvalue weighted by atomic mass is 10.0. The van der Waals surface area contributed by atoms with Crippen LogP contribution >= 0.6 is 0 Å². The summed E-state index contributed by atoms with van der Waals surface area (Å²) in [6.07, 6.45) is -0.905. The van der Waals surface area contributed by atoms with Crippen LogP contribution in [0.2, 0.25) is 0 Å². The van der Waals surface area contributed by atoms with Crippen molar-refractivity contribution in [3.8, 4) is 0 Å². The Labute approximate surface area is 69.5 Å². The molecule has 2 aliphatic rings. The summed E-state index contributed by atoms with van der Waals surface area (Å²) >= 11 is 0. The molecule has 3 unspecified atom stereocenters. The maximum Gasteiger partial charge on any atom is 0.345 e. The van der Waals surface area contributed by atoms with Crippen molar-refractivity contribution in [2.24, 2.45) is 17.3 Å². The first kappa shape index (κ1) is 7.58. The minimum Gasteiger partial charge on any atom is -0.478 e. The van der Waals surface area contributed by atoms with Crippen LogP contribution in [0, 0.1) is 17.3 Å². The summed E-state index contributed by atoms with van der Waals surface area (Å²) in [7, 11) is 0. The van der Waals surface area contributed by atoms with E-state index in [1.807, 2.05) is 13.8 Å². The van der Waals surface area contributed by atoms with E-state index in [1.54, 1.807) is 0 Å². The average molecular weight is 170 g/mol. The van der Waals surface area contributed by atoms with Crippen LogP contribution in [0.5, 0.6) is 0 Å². The SMILES string of the molecule is CC1(C)C2C(=O)OC(C(=O)O)C21. The molecular weight excluding hydrogens is 160 g/mol. The van der Waals surface area contributed by atoms with Crippen molar-refractivity contribution in [1.29, 1.82) is 0 Å². The number of esters is 1. The Hall–Kier alpha value is -1.06. The molecule has 1 saturated heterocycles. The number of cyclic esters (lactones) is 1. The molecule has 12 heavy (non-hydrogen) atoms. The zero-order valence-corrected chi connectivity index (χ0v) is 6.90. The molecule has 0 radical (unpaired) electrons. The third kappa shape index (κ3) is 0.673. The van der Waals surface area contributed by atoms with Crippen LogP contribution in [-0.2, 0) is 14.3 Å². The van der Waals surface area contributed by atoms with Crippen molar-refractivity contribution in [2.45, 2.75) is 20.0 Å². The molecule has 0 spiro atoms. The molecule has 4 nitrogen and oxygen atoms in total. The molecule has 1 aliphatic heterocycles. The van der Waals surface area contributed by atoms with Crippen LogP contribution in [0.4, 0.5) is 0 Å². The zero-order chi connectivity index (χ0) is 9.09. The predicted molar refractivity (Wildman–Crippen MR) is 38.3 cm³/mol. The number of carboxylic acid groups (broad SMARTS) is 1. The smallest absolute Gasteiger partial charge is 0.345 e. The van der Waals surface area contributed by atoms with Crippen LogP contribution in [0.15, 0.2) is 0 Å². The molecule has 66 valence electrons. The molecule has 1 N–H and O–H groups in total. The summed E-state index contributed by atoms with van der Waals surface area (Å²) in [6.45, 7) is 3.80. The summed E-state index contributed by atoms with van der Waals surface area (Å²) < 4.78 is 4.68. The summed E-state index contributed by atoms with van der Waals surface area (Å²) in [5, 5.41) is 8.68. The van der Waals surface area contributed by atoms with E-state index in [9.17, 15) is 9.59 Å². The van der Waals surface area contributed by atoms with E-state index in [0.29, 0.717) is 0 Å². The number of hydrogen-bond donors (Lipinski definition) is 1. The fraction of sp³-hybridized carbons (Fsp3) is 0.750. The van der Waals surface area contributed by atoms with Crippen molar-refractivity contribution >= 4 is 11.9 Å².